The van der Waals surface area contributed by atoms with E-state index >= 15 is 0 Å². The molecule has 1 unspecified atom stereocenters. The fourth-order valence-electron chi connectivity index (χ4n) is 1.76. The molecule has 0 spiro atoms. The first-order valence-corrected chi connectivity index (χ1v) is 8.54. The Labute approximate surface area is 129 Å². The highest BCUT2D eigenvalue weighted by Gasteiger charge is 2.22. The summed E-state index contributed by atoms with van der Waals surface area (Å²) in [4.78, 5) is 23.4. The molecule has 0 aliphatic carbocycles. The largest absolute Gasteiger partial charge is 0.345 e. The summed E-state index contributed by atoms with van der Waals surface area (Å²) in [6.07, 6.45) is 1.01. The molecule has 0 aromatic heterocycles. The number of anilines is 1. The Morgan fingerprint density at radius 1 is 1.32 bits per heavy atom. The van der Waals surface area contributed by atoms with Crippen molar-refractivity contribution in [2.24, 2.45) is 0 Å². The Balaban J connectivity index is 2.87. The number of hydrogen-bond acceptors (Lipinski definition) is 5. The number of nitrogens with zero attached hydrogens (tertiary/aromatic N) is 1. The van der Waals surface area contributed by atoms with E-state index in [1.165, 1.54) is 6.92 Å². The van der Waals surface area contributed by atoms with Crippen molar-refractivity contribution in [3.63, 3.8) is 0 Å². The Hall–Kier alpha value is -2.40. The number of hydrogen-bond donors (Lipinski definition) is 2. The molecular formula is C14H17N3O4S. The van der Waals surface area contributed by atoms with E-state index < -0.39 is 27.7 Å². The molecule has 1 aromatic rings. The van der Waals surface area contributed by atoms with Crippen molar-refractivity contribution in [3.05, 3.63) is 29.8 Å². The zero-order valence-corrected chi connectivity index (χ0v) is 13.1. The van der Waals surface area contributed by atoms with Crippen LogP contribution >= 0.6 is 0 Å². The van der Waals surface area contributed by atoms with Gasteiger partial charge in [-0.3, -0.25) is 9.59 Å². The first-order valence-electron chi connectivity index (χ1n) is 6.48. The summed E-state index contributed by atoms with van der Waals surface area (Å²) in [6, 6.07) is 7.36. The van der Waals surface area contributed by atoms with Gasteiger partial charge in [-0.2, -0.15) is 5.26 Å². The van der Waals surface area contributed by atoms with Gasteiger partial charge in [0.1, 0.15) is 21.9 Å². The minimum Gasteiger partial charge on any atom is -0.345 e. The van der Waals surface area contributed by atoms with Gasteiger partial charge < -0.3 is 10.6 Å². The predicted octanol–water partition coefficient (Wildman–Crippen LogP) is 0.436. The Morgan fingerprint density at radius 2 is 1.95 bits per heavy atom. The van der Waals surface area contributed by atoms with Crippen molar-refractivity contribution in [1.82, 2.24) is 5.32 Å². The molecule has 22 heavy (non-hydrogen) atoms. The van der Waals surface area contributed by atoms with Gasteiger partial charge in [-0.1, -0.05) is 12.1 Å². The highest BCUT2D eigenvalue weighted by atomic mass is 32.2. The van der Waals surface area contributed by atoms with E-state index in [9.17, 15) is 18.0 Å². The summed E-state index contributed by atoms with van der Waals surface area (Å²) in [5.41, 5.74) is 0.588. The molecule has 2 N–H and O–H groups in total. The van der Waals surface area contributed by atoms with Crippen molar-refractivity contribution in [2.75, 3.05) is 17.3 Å². The lowest BCUT2D eigenvalue weighted by molar-refractivity contribution is -0.125. The molecule has 1 atom stereocenters. The average Bonchev–Trinajstić information content (AvgIpc) is 2.42. The monoisotopic (exact) mass is 323 g/mol. The second kappa shape index (κ2) is 7.56. The average molecular weight is 323 g/mol. The van der Waals surface area contributed by atoms with E-state index in [1.807, 2.05) is 6.07 Å². The number of amides is 2. The lowest BCUT2D eigenvalue weighted by Gasteiger charge is -2.17. The maximum atomic E-state index is 12.2. The molecule has 0 radical (unpaired) electrons. The van der Waals surface area contributed by atoms with E-state index in [2.05, 4.69) is 10.6 Å². The van der Waals surface area contributed by atoms with Crippen molar-refractivity contribution < 1.29 is 18.0 Å². The summed E-state index contributed by atoms with van der Waals surface area (Å²) < 4.78 is 22.4. The minimum atomic E-state index is -3.26. The maximum absolute atomic E-state index is 12.2. The van der Waals surface area contributed by atoms with Crippen molar-refractivity contribution in [2.45, 2.75) is 19.4 Å². The number of carbonyl (C=O) groups excluding carboxylic acids is 2. The zero-order valence-electron chi connectivity index (χ0n) is 12.3. The molecule has 0 aliphatic heterocycles. The van der Waals surface area contributed by atoms with Crippen LogP contribution < -0.4 is 10.6 Å². The molecule has 2 amide bonds. The topological polar surface area (TPSA) is 116 Å². The smallest absolute Gasteiger partial charge is 0.247 e. The highest BCUT2D eigenvalue weighted by Crippen LogP contribution is 2.14. The second-order valence-corrected chi connectivity index (χ2v) is 7.08. The number of para-hydroxylation sites is 1. The third-order valence-electron chi connectivity index (χ3n) is 2.78. The molecule has 118 valence electrons. The summed E-state index contributed by atoms with van der Waals surface area (Å²) in [7, 11) is -3.26. The van der Waals surface area contributed by atoms with Crippen molar-refractivity contribution >= 4 is 27.3 Å². The fraction of sp³-hybridized carbons (Fsp3) is 0.357. The van der Waals surface area contributed by atoms with Gasteiger partial charge in [-0.05, 0) is 18.6 Å². The molecule has 0 aliphatic rings. The standard InChI is InChI=1S/C14H17N3O4S/c1-10(18)16-13(7-8-22(2,20)21)14(19)17-12-6-4-3-5-11(12)9-15/h3-6,13H,7-8H2,1-2H3,(H,16,18)(H,17,19). The van der Waals surface area contributed by atoms with E-state index in [4.69, 9.17) is 5.26 Å². The SMILES string of the molecule is CC(=O)NC(CCS(C)(=O)=O)C(=O)Nc1ccccc1C#N. The molecular weight excluding hydrogens is 306 g/mol. The zero-order chi connectivity index (χ0) is 16.8. The Bertz CT molecular complexity index is 707. The molecule has 1 aromatic carbocycles. The van der Waals surface area contributed by atoms with Gasteiger partial charge in [0.15, 0.2) is 0 Å². The van der Waals surface area contributed by atoms with Gasteiger partial charge in [-0.25, -0.2) is 8.42 Å². The van der Waals surface area contributed by atoms with Gasteiger partial charge >= 0.3 is 0 Å². The normalized spacial score (nSPS) is 12.0. The summed E-state index contributed by atoms with van der Waals surface area (Å²) in [5, 5.41) is 13.9. The first-order chi connectivity index (χ1) is 10.2. The highest BCUT2D eigenvalue weighted by molar-refractivity contribution is 7.90. The molecule has 0 saturated carbocycles. The van der Waals surface area contributed by atoms with Gasteiger partial charge in [0.25, 0.3) is 0 Å². The third kappa shape index (κ3) is 5.93. The first kappa shape index (κ1) is 17.7. The van der Waals surface area contributed by atoms with E-state index in [-0.39, 0.29) is 17.7 Å². The number of sulfone groups is 1. The quantitative estimate of drug-likeness (QED) is 0.788. The van der Waals surface area contributed by atoms with Crippen LogP contribution in [0.5, 0.6) is 0 Å². The van der Waals surface area contributed by atoms with Crippen LogP contribution in [-0.2, 0) is 19.4 Å². The number of rotatable bonds is 6. The Kier molecular flexibility index (Phi) is 6.07. The lowest BCUT2D eigenvalue weighted by atomic mass is 10.1. The van der Waals surface area contributed by atoms with Crippen LogP contribution in [0, 0.1) is 11.3 Å². The maximum Gasteiger partial charge on any atom is 0.247 e. The molecule has 8 heteroatoms. The van der Waals surface area contributed by atoms with Crippen LogP contribution in [0.15, 0.2) is 24.3 Å². The van der Waals surface area contributed by atoms with Crippen LogP contribution in [0.1, 0.15) is 18.9 Å². The third-order valence-corrected chi connectivity index (χ3v) is 3.75. The Morgan fingerprint density at radius 3 is 2.50 bits per heavy atom. The van der Waals surface area contributed by atoms with Gasteiger partial charge in [-0.15, -0.1) is 0 Å². The van der Waals surface area contributed by atoms with Crippen LogP contribution in [0.25, 0.3) is 0 Å². The van der Waals surface area contributed by atoms with E-state index in [0.717, 1.165) is 6.26 Å². The number of nitrogens with one attached hydrogen (secondary N) is 2. The van der Waals surface area contributed by atoms with Gasteiger partial charge in [0.05, 0.1) is 17.0 Å². The minimum absolute atomic E-state index is 0.0427. The lowest BCUT2D eigenvalue weighted by Crippen LogP contribution is -2.44. The summed E-state index contributed by atoms with van der Waals surface area (Å²) in [6.45, 7) is 1.24. The number of benzene rings is 1. The van der Waals surface area contributed by atoms with E-state index in [0.29, 0.717) is 5.69 Å². The van der Waals surface area contributed by atoms with Crippen molar-refractivity contribution in [3.8, 4) is 6.07 Å². The van der Waals surface area contributed by atoms with Crippen molar-refractivity contribution in [1.29, 1.82) is 5.26 Å². The van der Waals surface area contributed by atoms with Gasteiger partial charge in [0, 0.05) is 13.2 Å². The summed E-state index contributed by atoms with van der Waals surface area (Å²) >= 11 is 0. The van der Waals surface area contributed by atoms with Crippen LogP contribution in [-0.4, -0.2) is 38.3 Å². The molecule has 0 fully saturated rings. The second-order valence-electron chi connectivity index (χ2n) is 4.82. The fourth-order valence-corrected chi connectivity index (χ4v) is 2.42. The van der Waals surface area contributed by atoms with Crippen LogP contribution in [0.2, 0.25) is 0 Å². The van der Waals surface area contributed by atoms with E-state index in [1.54, 1.807) is 24.3 Å². The molecule has 7 nitrogen and oxygen atoms in total. The number of nitriles is 1. The predicted molar refractivity (Wildman–Crippen MR) is 81.7 cm³/mol. The van der Waals surface area contributed by atoms with Gasteiger partial charge in [0.2, 0.25) is 11.8 Å². The van der Waals surface area contributed by atoms with Crippen LogP contribution in [0.3, 0.4) is 0 Å². The molecule has 0 heterocycles. The molecule has 1 rings (SSSR count). The molecule has 0 saturated heterocycles. The number of carbonyl (C=O) groups is 2. The summed E-state index contributed by atoms with van der Waals surface area (Å²) in [5.74, 6) is -1.24. The van der Waals surface area contributed by atoms with Crippen LogP contribution in [0.4, 0.5) is 5.69 Å². The molecule has 0 bridgehead atoms.